The number of benzene rings is 1. The van der Waals surface area contributed by atoms with Crippen LogP contribution in [0.2, 0.25) is 0 Å². The van der Waals surface area contributed by atoms with E-state index in [9.17, 15) is 9.59 Å². The minimum absolute atomic E-state index is 0.233. The van der Waals surface area contributed by atoms with Crippen LogP contribution in [0, 0.1) is 0 Å². The van der Waals surface area contributed by atoms with Gasteiger partial charge in [0.05, 0.1) is 19.2 Å². The minimum atomic E-state index is -0.397. The quantitative estimate of drug-likeness (QED) is 0.648. The molecule has 0 aliphatic rings. The van der Waals surface area contributed by atoms with Crippen molar-refractivity contribution >= 4 is 17.1 Å². The van der Waals surface area contributed by atoms with Gasteiger partial charge in [0.2, 0.25) is 0 Å². The molecule has 3 aromatic rings. The van der Waals surface area contributed by atoms with Crippen LogP contribution in [0.4, 0.5) is 0 Å². The Morgan fingerprint density at radius 2 is 2.00 bits per heavy atom. The van der Waals surface area contributed by atoms with E-state index in [2.05, 4.69) is 20.0 Å². The molecule has 2 heterocycles. The van der Waals surface area contributed by atoms with Gasteiger partial charge in [-0.05, 0) is 17.7 Å². The standard InChI is InChI=1S/C14H13N5O3/c1-18-12-11(16-17-18)13(20)19(8-15-12)7-9-3-5-10(6-4-9)14(21)22-2/h3-6,8H,7H2,1-2H3. The molecule has 0 bridgehead atoms. The Balaban J connectivity index is 1.91. The number of nitrogens with zero attached hydrogens (tertiary/aromatic N) is 5. The highest BCUT2D eigenvalue weighted by Crippen LogP contribution is 2.07. The van der Waals surface area contributed by atoms with Crippen LogP contribution in [0.3, 0.4) is 0 Å². The number of hydrogen-bond donors (Lipinski definition) is 0. The van der Waals surface area contributed by atoms with Crippen LogP contribution in [0.15, 0.2) is 35.4 Å². The molecule has 0 fully saturated rings. The molecule has 2 aromatic heterocycles. The molecule has 0 aliphatic heterocycles. The summed E-state index contributed by atoms with van der Waals surface area (Å²) in [6.45, 7) is 0.333. The van der Waals surface area contributed by atoms with Gasteiger partial charge in [-0.1, -0.05) is 17.3 Å². The Kier molecular flexibility index (Phi) is 3.42. The topological polar surface area (TPSA) is 91.9 Å². The summed E-state index contributed by atoms with van der Waals surface area (Å²) in [5, 5.41) is 7.61. The van der Waals surface area contributed by atoms with Gasteiger partial charge in [-0.3, -0.25) is 9.36 Å². The molecule has 0 aliphatic carbocycles. The fraction of sp³-hybridized carbons (Fsp3) is 0.214. The molecule has 112 valence electrons. The highest BCUT2D eigenvalue weighted by molar-refractivity contribution is 5.89. The lowest BCUT2D eigenvalue weighted by Crippen LogP contribution is -2.21. The van der Waals surface area contributed by atoms with E-state index >= 15 is 0 Å². The first-order valence-electron chi connectivity index (χ1n) is 6.52. The molecule has 0 unspecified atom stereocenters. The van der Waals surface area contributed by atoms with E-state index in [1.54, 1.807) is 31.3 Å². The van der Waals surface area contributed by atoms with E-state index in [1.165, 1.54) is 22.7 Å². The van der Waals surface area contributed by atoms with Gasteiger partial charge in [-0.25, -0.2) is 14.5 Å². The number of rotatable bonds is 3. The largest absolute Gasteiger partial charge is 0.465 e. The summed E-state index contributed by atoms with van der Waals surface area (Å²) in [6.07, 6.45) is 1.46. The number of hydrogen-bond acceptors (Lipinski definition) is 6. The summed E-state index contributed by atoms with van der Waals surface area (Å²) in [7, 11) is 3.01. The molecule has 1 aromatic carbocycles. The molecule has 8 heteroatoms. The van der Waals surface area contributed by atoms with Gasteiger partial charge in [0.25, 0.3) is 5.56 Å². The Bertz CT molecular complexity index is 895. The van der Waals surface area contributed by atoms with Crippen molar-refractivity contribution in [3.63, 3.8) is 0 Å². The van der Waals surface area contributed by atoms with Crippen molar-refractivity contribution in [2.24, 2.45) is 7.05 Å². The maximum Gasteiger partial charge on any atom is 0.337 e. The van der Waals surface area contributed by atoms with E-state index in [4.69, 9.17) is 0 Å². The van der Waals surface area contributed by atoms with Crippen LogP contribution in [0.1, 0.15) is 15.9 Å². The zero-order valence-electron chi connectivity index (χ0n) is 12.1. The molecule has 0 atom stereocenters. The molecule has 8 nitrogen and oxygen atoms in total. The zero-order valence-corrected chi connectivity index (χ0v) is 12.1. The van der Waals surface area contributed by atoms with Gasteiger partial charge in [-0.2, -0.15) is 0 Å². The van der Waals surface area contributed by atoms with Gasteiger partial charge in [0, 0.05) is 7.05 Å². The van der Waals surface area contributed by atoms with Gasteiger partial charge in [-0.15, -0.1) is 5.10 Å². The highest BCUT2D eigenvalue weighted by Gasteiger charge is 2.10. The van der Waals surface area contributed by atoms with Gasteiger partial charge >= 0.3 is 5.97 Å². The maximum absolute atomic E-state index is 12.3. The zero-order chi connectivity index (χ0) is 15.7. The molecule has 0 saturated carbocycles. The first kappa shape index (κ1) is 13.9. The second-order valence-corrected chi connectivity index (χ2v) is 4.75. The first-order valence-corrected chi connectivity index (χ1v) is 6.52. The lowest BCUT2D eigenvalue weighted by atomic mass is 10.1. The third-order valence-corrected chi connectivity index (χ3v) is 3.31. The Morgan fingerprint density at radius 3 is 2.68 bits per heavy atom. The van der Waals surface area contributed by atoms with Crippen molar-refractivity contribution in [1.82, 2.24) is 24.5 Å². The molecular weight excluding hydrogens is 286 g/mol. The fourth-order valence-electron chi connectivity index (χ4n) is 2.12. The van der Waals surface area contributed by atoms with Crippen molar-refractivity contribution in [3.8, 4) is 0 Å². The predicted molar refractivity (Wildman–Crippen MR) is 77.4 cm³/mol. The number of carbonyl (C=O) groups excluding carboxylic acids is 1. The smallest absolute Gasteiger partial charge is 0.337 e. The van der Waals surface area contributed by atoms with Crippen LogP contribution in [0.25, 0.3) is 11.2 Å². The first-order chi connectivity index (χ1) is 10.6. The second kappa shape index (κ2) is 5.40. The summed E-state index contributed by atoms with van der Waals surface area (Å²) < 4.78 is 7.54. The molecule has 0 radical (unpaired) electrons. The summed E-state index contributed by atoms with van der Waals surface area (Å²) in [6, 6.07) is 6.83. The number of aryl methyl sites for hydroxylation is 1. The average molecular weight is 299 g/mol. The Hall–Kier alpha value is -3.03. The second-order valence-electron chi connectivity index (χ2n) is 4.75. The van der Waals surface area contributed by atoms with Crippen LogP contribution < -0.4 is 5.56 Å². The number of methoxy groups -OCH3 is 1. The van der Waals surface area contributed by atoms with Crippen LogP contribution in [-0.2, 0) is 18.3 Å². The lowest BCUT2D eigenvalue weighted by Gasteiger charge is -2.06. The van der Waals surface area contributed by atoms with Crippen LogP contribution >= 0.6 is 0 Å². The molecular formula is C14H13N5O3. The van der Waals surface area contributed by atoms with E-state index in [-0.39, 0.29) is 11.1 Å². The van der Waals surface area contributed by atoms with Crippen molar-refractivity contribution in [2.45, 2.75) is 6.54 Å². The summed E-state index contributed by atoms with van der Waals surface area (Å²) in [5.74, 6) is -0.397. The van der Waals surface area contributed by atoms with E-state index in [0.717, 1.165) is 5.56 Å². The number of esters is 1. The number of aromatic nitrogens is 5. The van der Waals surface area contributed by atoms with Crippen LogP contribution in [0.5, 0.6) is 0 Å². The Morgan fingerprint density at radius 1 is 1.27 bits per heavy atom. The number of fused-ring (bicyclic) bond motifs is 1. The van der Waals surface area contributed by atoms with E-state index < -0.39 is 5.97 Å². The van der Waals surface area contributed by atoms with Gasteiger partial charge in [0.15, 0.2) is 11.2 Å². The highest BCUT2D eigenvalue weighted by atomic mass is 16.5. The van der Waals surface area contributed by atoms with Gasteiger partial charge in [0.1, 0.15) is 6.33 Å². The molecule has 0 saturated heterocycles. The number of ether oxygens (including phenoxy) is 1. The monoisotopic (exact) mass is 299 g/mol. The molecule has 0 spiro atoms. The molecule has 22 heavy (non-hydrogen) atoms. The molecule has 0 amide bonds. The third-order valence-electron chi connectivity index (χ3n) is 3.31. The maximum atomic E-state index is 12.3. The Labute approximate surface area is 125 Å². The van der Waals surface area contributed by atoms with Crippen molar-refractivity contribution in [3.05, 3.63) is 52.1 Å². The summed E-state index contributed by atoms with van der Waals surface area (Å²) in [4.78, 5) is 27.9. The van der Waals surface area contributed by atoms with Crippen molar-refractivity contribution < 1.29 is 9.53 Å². The van der Waals surface area contributed by atoms with Gasteiger partial charge < -0.3 is 4.74 Å². The SMILES string of the molecule is COC(=O)c1ccc(Cn2cnc3c(nnn3C)c2=O)cc1. The normalized spacial score (nSPS) is 10.8. The molecule has 0 N–H and O–H groups in total. The average Bonchev–Trinajstić information content (AvgIpc) is 2.92. The van der Waals surface area contributed by atoms with E-state index in [0.29, 0.717) is 17.8 Å². The third kappa shape index (κ3) is 2.34. The van der Waals surface area contributed by atoms with Crippen molar-refractivity contribution in [1.29, 1.82) is 0 Å². The van der Waals surface area contributed by atoms with E-state index in [1.807, 2.05) is 0 Å². The van der Waals surface area contributed by atoms with Crippen molar-refractivity contribution in [2.75, 3.05) is 7.11 Å². The van der Waals surface area contributed by atoms with Crippen LogP contribution in [-0.4, -0.2) is 37.6 Å². The minimum Gasteiger partial charge on any atom is -0.465 e. The number of carbonyl (C=O) groups is 1. The predicted octanol–water partition coefficient (Wildman–Crippen LogP) is 0.360. The molecule has 3 rings (SSSR count). The fourth-order valence-corrected chi connectivity index (χ4v) is 2.12. The summed E-state index contributed by atoms with van der Waals surface area (Å²) >= 11 is 0. The lowest BCUT2D eigenvalue weighted by molar-refractivity contribution is 0.0600. The summed E-state index contributed by atoms with van der Waals surface area (Å²) in [5.41, 5.74) is 1.74.